The van der Waals surface area contributed by atoms with E-state index in [9.17, 15) is 4.79 Å². The summed E-state index contributed by atoms with van der Waals surface area (Å²) in [6.07, 6.45) is 1.30. The van der Waals surface area contributed by atoms with Gasteiger partial charge in [0.1, 0.15) is 11.4 Å². The molecule has 0 fully saturated rings. The Morgan fingerprint density at radius 1 is 1.29 bits per heavy atom. The molecular formula is C16H25N3O2. The molecule has 0 aromatic heterocycles. The fourth-order valence-electron chi connectivity index (χ4n) is 2.72. The number of carbonyl (C=O) groups is 1. The quantitative estimate of drug-likeness (QED) is 0.844. The number of nitrogens with two attached hydrogens (primary N) is 1. The molecule has 1 aliphatic rings. The molecule has 1 aliphatic heterocycles. The van der Waals surface area contributed by atoms with Gasteiger partial charge in [-0.15, -0.1) is 0 Å². The zero-order valence-corrected chi connectivity index (χ0v) is 13.3. The first-order chi connectivity index (χ1) is 9.95. The number of hydrogen-bond acceptors (Lipinski definition) is 4. The Morgan fingerprint density at radius 2 is 1.95 bits per heavy atom. The molecule has 0 atom stereocenters. The Hall–Kier alpha value is -1.75. The van der Waals surface area contributed by atoms with Crippen molar-refractivity contribution in [3.63, 3.8) is 0 Å². The van der Waals surface area contributed by atoms with Gasteiger partial charge in [-0.25, -0.2) is 0 Å². The molecular weight excluding hydrogens is 266 g/mol. The average Bonchev–Trinajstić information content (AvgIpc) is 2.46. The third kappa shape index (κ3) is 2.70. The van der Waals surface area contributed by atoms with Gasteiger partial charge in [-0.05, 0) is 39.1 Å². The summed E-state index contributed by atoms with van der Waals surface area (Å²) in [5, 5.41) is 0. The van der Waals surface area contributed by atoms with Gasteiger partial charge in [0, 0.05) is 13.1 Å². The van der Waals surface area contributed by atoms with Crippen molar-refractivity contribution in [2.45, 2.75) is 32.3 Å². The predicted octanol–water partition coefficient (Wildman–Crippen LogP) is 2.11. The van der Waals surface area contributed by atoms with E-state index in [2.05, 4.69) is 4.90 Å². The molecule has 0 bridgehead atoms. The maximum Gasteiger partial charge on any atom is 0.271 e. The fraction of sp³-hybridized carbons (Fsp3) is 0.562. The lowest BCUT2D eigenvalue weighted by Gasteiger charge is -2.42. The SMILES string of the molecule is CCC1(CC)Oc2cccc(N)c2N(CCN(C)C)C1=O. The van der Waals surface area contributed by atoms with Crippen LogP contribution in [0.25, 0.3) is 0 Å². The largest absolute Gasteiger partial charge is 0.475 e. The third-order valence-corrected chi connectivity index (χ3v) is 4.15. The smallest absolute Gasteiger partial charge is 0.271 e. The summed E-state index contributed by atoms with van der Waals surface area (Å²) in [6.45, 7) is 5.37. The van der Waals surface area contributed by atoms with Gasteiger partial charge in [0.25, 0.3) is 5.91 Å². The van der Waals surface area contributed by atoms with Crippen LogP contribution in [0, 0.1) is 0 Å². The van der Waals surface area contributed by atoms with Crippen LogP contribution in [-0.2, 0) is 4.79 Å². The Balaban J connectivity index is 2.47. The van der Waals surface area contributed by atoms with Crippen molar-refractivity contribution in [1.29, 1.82) is 0 Å². The van der Waals surface area contributed by atoms with E-state index in [0.29, 0.717) is 36.5 Å². The van der Waals surface area contributed by atoms with Gasteiger partial charge in [0.15, 0.2) is 5.60 Å². The van der Waals surface area contributed by atoms with Crippen molar-refractivity contribution in [3.8, 4) is 5.75 Å². The van der Waals surface area contributed by atoms with E-state index in [4.69, 9.17) is 10.5 Å². The van der Waals surface area contributed by atoms with E-state index >= 15 is 0 Å². The van der Waals surface area contributed by atoms with E-state index in [0.717, 1.165) is 6.54 Å². The molecule has 1 aromatic carbocycles. The molecule has 0 aliphatic carbocycles. The van der Waals surface area contributed by atoms with E-state index in [1.54, 1.807) is 4.90 Å². The number of ether oxygens (including phenoxy) is 1. The van der Waals surface area contributed by atoms with Crippen LogP contribution in [0.15, 0.2) is 18.2 Å². The Kier molecular flexibility index (Phi) is 4.42. The summed E-state index contributed by atoms with van der Waals surface area (Å²) in [5.41, 5.74) is 6.61. The molecule has 0 spiro atoms. The lowest BCUT2D eigenvalue weighted by Crippen LogP contribution is -2.56. The molecule has 1 aromatic rings. The monoisotopic (exact) mass is 291 g/mol. The third-order valence-electron chi connectivity index (χ3n) is 4.15. The zero-order chi connectivity index (χ0) is 15.6. The first-order valence-electron chi connectivity index (χ1n) is 7.49. The minimum absolute atomic E-state index is 0.0137. The summed E-state index contributed by atoms with van der Waals surface area (Å²) in [6, 6.07) is 5.56. The van der Waals surface area contributed by atoms with Crippen LogP contribution in [0.5, 0.6) is 5.75 Å². The van der Waals surface area contributed by atoms with Crippen LogP contribution in [-0.4, -0.2) is 43.6 Å². The highest BCUT2D eigenvalue weighted by molar-refractivity contribution is 6.05. The number of likely N-dealkylation sites (N-methyl/N-ethyl adjacent to an activating group) is 1. The molecule has 0 radical (unpaired) electrons. The summed E-state index contributed by atoms with van der Waals surface area (Å²) in [7, 11) is 3.99. The van der Waals surface area contributed by atoms with Gasteiger partial charge >= 0.3 is 0 Å². The highest BCUT2D eigenvalue weighted by atomic mass is 16.5. The van der Waals surface area contributed by atoms with Gasteiger partial charge in [-0.2, -0.15) is 0 Å². The summed E-state index contributed by atoms with van der Waals surface area (Å²) in [4.78, 5) is 16.8. The van der Waals surface area contributed by atoms with Gasteiger partial charge < -0.3 is 20.3 Å². The Labute approximate surface area is 126 Å². The number of benzene rings is 1. The lowest BCUT2D eigenvalue weighted by atomic mass is 9.92. The van der Waals surface area contributed by atoms with Crippen molar-refractivity contribution in [1.82, 2.24) is 4.90 Å². The number of hydrogen-bond donors (Lipinski definition) is 1. The highest BCUT2D eigenvalue weighted by Crippen LogP contribution is 2.43. The predicted molar refractivity (Wildman–Crippen MR) is 85.7 cm³/mol. The number of amides is 1. The van der Waals surface area contributed by atoms with Crippen molar-refractivity contribution in [2.75, 3.05) is 37.8 Å². The molecule has 21 heavy (non-hydrogen) atoms. The number of fused-ring (bicyclic) bond motifs is 1. The number of para-hydroxylation sites is 1. The Bertz CT molecular complexity index is 524. The highest BCUT2D eigenvalue weighted by Gasteiger charge is 2.46. The number of nitrogen functional groups attached to an aromatic ring is 1. The number of rotatable bonds is 5. The van der Waals surface area contributed by atoms with Crippen LogP contribution in [0.3, 0.4) is 0 Å². The van der Waals surface area contributed by atoms with Crippen LogP contribution >= 0.6 is 0 Å². The van der Waals surface area contributed by atoms with Gasteiger partial charge in [-0.3, -0.25) is 4.79 Å². The molecule has 0 unspecified atom stereocenters. The van der Waals surface area contributed by atoms with Crippen LogP contribution in [0.2, 0.25) is 0 Å². The Morgan fingerprint density at radius 3 is 2.52 bits per heavy atom. The van der Waals surface area contributed by atoms with Crippen LogP contribution in [0.1, 0.15) is 26.7 Å². The summed E-state index contributed by atoms with van der Waals surface area (Å²) >= 11 is 0. The maximum absolute atomic E-state index is 13.0. The van der Waals surface area contributed by atoms with Crippen molar-refractivity contribution in [2.24, 2.45) is 0 Å². The van der Waals surface area contributed by atoms with E-state index in [-0.39, 0.29) is 5.91 Å². The molecule has 1 heterocycles. The second-order valence-corrected chi connectivity index (χ2v) is 5.76. The van der Waals surface area contributed by atoms with E-state index < -0.39 is 5.60 Å². The van der Waals surface area contributed by atoms with E-state index in [1.165, 1.54) is 0 Å². The molecule has 2 N–H and O–H groups in total. The lowest BCUT2D eigenvalue weighted by molar-refractivity contribution is -0.136. The molecule has 0 saturated heterocycles. The number of nitrogens with zero attached hydrogens (tertiary/aromatic N) is 2. The van der Waals surface area contributed by atoms with Gasteiger partial charge in [0.05, 0.1) is 5.69 Å². The topological polar surface area (TPSA) is 58.8 Å². The molecule has 2 rings (SSSR count). The first kappa shape index (κ1) is 15.6. The van der Waals surface area contributed by atoms with Crippen molar-refractivity contribution < 1.29 is 9.53 Å². The minimum atomic E-state index is -0.771. The summed E-state index contributed by atoms with van der Waals surface area (Å²) in [5.74, 6) is 0.719. The second-order valence-electron chi connectivity index (χ2n) is 5.76. The van der Waals surface area contributed by atoms with Crippen LogP contribution in [0.4, 0.5) is 11.4 Å². The fourth-order valence-corrected chi connectivity index (χ4v) is 2.72. The molecule has 1 amide bonds. The zero-order valence-electron chi connectivity index (χ0n) is 13.3. The number of anilines is 2. The molecule has 0 saturated carbocycles. The normalized spacial score (nSPS) is 16.8. The second kappa shape index (κ2) is 5.93. The maximum atomic E-state index is 13.0. The van der Waals surface area contributed by atoms with Gasteiger partial charge in [-0.1, -0.05) is 19.9 Å². The van der Waals surface area contributed by atoms with E-state index in [1.807, 2.05) is 46.1 Å². The minimum Gasteiger partial charge on any atom is -0.475 e. The molecule has 5 nitrogen and oxygen atoms in total. The molecule has 116 valence electrons. The standard InChI is InChI=1S/C16H25N3O2/c1-5-16(6-2)15(20)19(11-10-18(3)4)14-12(17)8-7-9-13(14)21-16/h7-9H,5-6,10-11,17H2,1-4H3. The van der Waals surface area contributed by atoms with Crippen LogP contribution < -0.4 is 15.4 Å². The molecule has 5 heteroatoms. The first-order valence-corrected chi connectivity index (χ1v) is 7.49. The summed E-state index contributed by atoms with van der Waals surface area (Å²) < 4.78 is 6.06. The van der Waals surface area contributed by atoms with Crippen molar-refractivity contribution in [3.05, 3.63) is 18.2 Å². The van der Waals surface area contributed by atoms with Gasteiger partial charge in [0.2, 0.25) is 0 Å². The average molecular weight is 291 g/mol. The van der Waals surface area contributed by atoms with Crippen molar-refractivity contribution >= 4 is 17.3 Å². The number of carbonyl (C=O) groups excluding carboxylic acids is 1.